The Hall–Kier alpha value is -1.26. The van der Waals surface area contributed by atoms with E-state index in [0.29, 0.717) is 15.4 Å². The average molecular weight is 224 g/mol. The van der Waals surface area contributed by atoms with E-state index in [2.05, 4.69) is 15.2 Å². The lowest BCUT2D eigenvalue weighted by molar-refractivity contribution is 0.960. The lowest BCUT2D eigenvalue weighted by atomic mass is 10.2. The maximum Gasteiger partial charge on any atom is 0.146 e. The van der Waals surface area contributed by atoms with E-state index in [4.69, 9.17) is 23.8 Å². The molecule has 2 aromatic rings. The van der Waals surface area contributed by atoms with E-state index in [9.17, 15) is 0 Å². The van der Waals surface area contributed by atoms with Gasteiger partial charge in [0.1, 0.15) is 16.7 Å². The van der Waals surface area contributed by atoms with Gasteiger partial charge in [0, 0.05) is 5.56 Å². The molecule has 0 saturated carbocycles. The number of benzene rings is 1. The Bertz CT molecular complexity index is 509. The molecule has 70 valence electrons. The number of aromatic nitrogens is 3. The Morgan fingerprint density at radius 2 is 2.07 bits per heavy atom. The summed E-state index contributed by atoms with van der Waals surface area (Å²) in [5.41, 5.74) is 1.47. The van der Waals surface area contributed by atoms with E-state index in [1.165, 1.54) is 6.33 Å². The fraction of sp³-hybridized carbons (Fsp3) is 0. The highest BCUT2D eigenvalue weighted by molar-refractivity contribution is 7.71. The number of halogens is 1. The van der Waals surface area contributed by atoms with Crippen LogP contribution in [0, 0.1) is 4.64 Å². The molecule has 1 aromatic heterocycles. The third-order valence-electron chi connectivity index (χ3n) is 1.75. The van der Waals surface area contributed by atoms with Crippen LogP contribution in [-0.2, 0) is 0 Å². The van der Waals surface area contributed by atoms with Gasteiger partial charge in [-0.05, 0) is 6.07 Å². The molecule has 0 bridgehead atoms. The third-order valence-corrected chi connectivity index (χ3v) is 2.37. The number of nitrogens with zero attached hydrogens (tertiary/aromatic N) is 2. The second-order valence-electron chi connectivity index (χ2n) is 2.64. The molecule has 1 heterocycles. The van der Waals surface area contributed by atoms with E-state index in [1.807, 2.05) is 18.2 Å². The highest BCUT2D eigenvalue weighted by Gasteiger charge is 2.05. The number of hydrogen-bond donors (Lipinski definition) is 1. The quantitative estimate of drug-likeness (QED) is 0.756. The number of rotatable bonds is 1. The van der Waals surface area contributed by atoms with Crippen molar-refractivity contribution in [3.05, 3.63) is 40.3 Å². The van der Waals surface area contributed by atoms with Gasteiger partial charge >= 0.3 is 0 Å². The van der Waals surface area contributed by atoms with Crippen LogP contribution in [0.25, 0.3) is 11.3 Å². The standard InChI is InChI=1S/C9H6ClN3S/c10-7-4-2-1-3-6(7)8-9(14)13-12-5-11-8/h1-5H,(H,13,14). The van der Waals surface area contributed by atoms with Crippen LogP contribution >= 0.6 is 23.8 Å². The van der Waals surface area contributed by atoms with Gasteiger partial charge in [0.25, 0.3) is 0 Å². The molecule has 0 atom stereocenters. The number of aromatic amines is 1. The maximum absolute atomic E-state index is 6.01. The monoisotopic (exact) mass is 223 g/mol. The summed E-state index contributed by atoms with van der Waals surface area (Å²) in [6, 6.07) is 7.42. The van der Waals surface area contributed by atoms with E-state index in [-0.39, 0.29) is 0 Å². The smallest absolute Gasteiger partial charge is 0.146 e. The van der Waals surface area contributed by atoms with Crippen LogP contribution in [-0.4, -0.2) is 15.2 Å². The zero-order valence-corrected chi connectivity index (χ0v) is 8.64. The predicted octanol–water partition coefficient (Wildman–Crippen LogP) is 2.85. The lowest BCUT2D eigenvalue weighted by Gasteiger charge is -2.01. The minimum atomic E-state index is 0.487. The Balaban J connectivity index is 2.67. The molecule has 0 spiro atoms. The topological polar surface area (TPSA) is 41.6 Å². The SMILES string of the molecule is S=c1[nH]ncnc1-c1ccccc1Cl. The first-order valence-corrected chi connectivity index (χ1v) is 4.72. The first-order chi connectivity index (χ1) is 6.79. The third kappa shape index (κ3) is 1.66. The van der Waals surface area contributed by atoms with Gasteiger partial charge in [-0.1, -0.05) is 42.0 Å². The molecule has 0 aliphatic rings. The molecule has 5 heteroatoms. The van der Waals surface area contributed by atoms with Crippen molar-refractivity contribution >= 4 is 23.8 Å². The van der Waals surface area contributed by atoms with E-state index in [0.717, 1.165) is 5.56 Å². The van der Waals surface area contributed by atoms with Crippen LogP contribution in [0.4, 0.5) is 0 Å². The zero-order valence-electron chi connectivity index (χ0n) is 7.07. The van der Waals surface area contributed by atoms with Crippen molar-refractivity contribution < 1.29 is 0 Å². The van der Waals surface area contributed by atoms with E-state index < -0.39 is 0 Å². The van der Waals surface area contributed by atoms with Crippen LogP contribution in [0.1, 0.15) is 0 Å². The van der Waals surface area contributed by atoms with E-state index in [1.54, 1.807) is 6.07 Å². The molecule has 0 fully saturated rings. The van der Waals surface area contributed by atoms with Crippen LogP contribution in [0.5, 0.6) is 0 Å². The van der Waals surface area contributed by atoms with Crippen molar-refractivity contribution in [2.45, 2.75) is 0 Å². The van der Waals surface area contributed by atoms with Gasteiger partial charge in [-0.2, -0.15) is 5.10 Å². The van der Waals surface area contributed by atoms with Crippen LogP contribution in [0.3, 0.4) is 0 Å². The van der Waals surface area contributed by atoms with Crippen molar-refractivity contribution in [2.75, 3.05) is 0 Å². The first-order valence-electron chi connectivity index (χ1n) is 3.93. The summed E-state index contributed by atoms with van der Waals surface area (Å²) in [5, 5.41) is 7.02. The molecule has 0 aliphatic heterocycles. The molecule has 0 radical (unpaired) electrons. The summed E-state index contributed by atoms with van der Waals surface area (Å²) in [5.74, 6) is 0. The lowest BCUT2D eigenvalue weighted by Crippen LogP contribution is -1.90. The van der Waals surface area contributed by atoms with Gasteiger partial charge in [-0.15, -0.1) is 0 Å². The van der Waals surface area contributed by atoms with Gasteiger partial charge in [-0.25, -0.2) is 4.98 Å². The summed E-state index contributed by atoms with van der Waals surface area (Å²) >= 11 is 11.1. The Labute approximate surface area is 90.8 Å². The molecule has 1 aromatic carbocycles. The molecule has 0 aliphatic carbocycles. The minimum absolute atomic E-state index is 0.487. The molecule has 14 heavy (non-hydrogen) atoms. The highest BCUT2D eigenvalue weighted by atomic mass is 35.5. The van der Waals surface area contributed by atoms with Gasteiger partial charge in [0.2, 0.25) is 0 Å². The highest BCUT2D eigenvalue weighted by Crippen LogP contribution is 2.25. The van der Waals surface area contributed by atoms with Gasteiger partial charge < -0.3 is 0 Å². The summed E-state index contributed by atoms with van der Waals surface area (Å²) in [7, 11) is 0. The second-order valence-corrected chi connectivity index (χ2v) is 3.46. The fourth-order valence-electron chi connectivity index (χ4n) is 1.13. The molecule has 2 rings (SSSR count). The molecular weight excluding hydrogens is 218 g/mol. The van der Waals surface area contributed by atoms with Gasteiger partial charge in [0.05, 0.1) is 5.02 Å². The average Bonchev–Trinajstić information content (AvgIpc) is 2.20. The summed E-state index contributed by atoms with van der Waals surface area (Å²) in [6.07, 6.45) is 1.41. The fourth-order valence-corrected chi connectivity index (χ4v) is 1.57. The summed E-state index contributed by atoms with van der Waals surface area (Å²) in [4.78, 5) is 4.08. The number of H-pyrrole nitrogens is 1. The van der Waals surface area contributed by atoms with Crippen LogP contribution in [0.15, 0.2) is 30.6 Å². The molecule has 3 nitrogen and oxygen atoms in total. The molecule has 0 amide bonds. The van der Waals surface area contributed by atoms with Crippen LogP contribution < -0.4 is 0 Å². The molecule has 1 N–H and O–H groups in total. The number of hydrogen-bond acceptors (Lipinski definition) is 3. The van der Waals surface area contributed by atoms with Crippen molar-refractivity contribution in [3.8, 4) is 11.3 Å². The zero-order chi connectivity index (χ0) is 9.97. The minimum Gasteiger partial charge on any atom is -0.264 e. The molecule has 0 saturated heterocycles. The van der Waals surface area contributed by atoms with E-state index >= 15 is 0 Å². The Morgan fingerprint density at radius 3 is 2.79 bits per heavy atom. The molecule has 0 unspecified atom stereocenters. The normalized spacial score (nSPS) is 10.1. The Kier molecular flexibility index (Phi) is 2.56. The summed E-state index contributed by atoms with van der Waals surface area (Å²) < 4.78 is 0.487. The predicted molar refractivity (Wildman–Crippen MR) is 57.7 cm³/mol. The van der Waals surface area contributed by atoms with Crippen molar-refractivity contribution in [3.63, 3.8) is 0 Å². The first kappa shape index (κ1) is 9.30. The second kappa shape index (κ2) is 3.86. The maximum atomic E-state index is 6.01. The number of nitrogens with one attached hydrogen (secondary N) is 1. The Morgan fingerprint density at radius 1 is 1.29 bits per heavy atom. The van der Waals surface area contributed by atoms with Gasteiger partial charge in [-0.3, -0.25) is 5.10 Å². The van der Waals surface area contributed by atoms with Crippen molar-refractivity contribution in [1.82, 2.24) is 15.2 Å². The largest absolute Gasteiger partial charge is 0.264 e. The summed E-state index contributed by atoms with van der Waals surface area (Å²) in [6.45, 7) is 0. The van der Waals surface area contributed by atoms with Crippen molar-refractivity contribution in [1.29, 1.82) is 0 Å². The van der Waals surface area contributed by atoms with Gasteiger partial charge in [0.15, 0.2) is 0 Å². The van der Waals surface area contributed by atoms with Crippen LogP contribution in [0.2, 0.25) is 5.02 Å². The molecular formula is C9H6ClN3S. The van der Waals surface area contributed by atoms with Crippen molar-refractivity contribution in [2.24, 2.45) is 0 Å².